The van der Waals surface area contributed by atoms with Gasteiger partial charge in [0.2, 0.25) is 0 Å². The van der Waals surface area contributed by atoms with Crippen LogP contribution in [-0.4, -0.2) is 20.4 Å². The number of hydrogen-bond donors (Lipinski definition) is 1. The fourth-order valence-electron chi connectivity index (χ4n) is 2.49. The van der Waals surface area contributed by atoms with E-state index in [4.69, 9.17) is 0 Å². The van der Waals surface area contributed by atoms with Crippen LogP contribution in [0.5, 0.6) is 0 Å². The number of hydrogen-bond acceptors (Lipinski definition) is 3. The number of ketones is 1. The molecule has 0 bridgehead atoms. The van der Waals surface area contributed by atoms with E-state index in [9.17, 15) is 18.7 Å². The van der Waals surface area contributed by atoms with Gasteiger partial charge in [-0.3, -0.25) is 18.6 Å². The molecule has 0 amide bonds. The molecule has 1 N–H and O–H groups in total. The number of aliphatic hydroxyl groups is 1. The summed E-state index contributed by atoms with van der Waals surface area (Å²) in [5.74, 6) is -0.910. The van der Waals surface area contributed by atoms with Crippen LogP contribution < -0.4 is 0 Å². The van der Waals surface area contributed by atoms with Crippen molar-refractivity contribution in [1.82, 2.24) is 9.55 Å². The summed E-state index contributed by atoms with van der Waals surface area (Å²) in [6, 6.07) is 13.6. The number of carbonyl (C=O) groups is 1. The number of aromatic nitrogens is 2. The molecule has 3 aromatic rings. The van der Waals surface area contributed by atoms with Gasteiger partial charge in [0.25, 0.3) is 0 Å². The number of halogens is 2. The molecule has 3 rings (SSSR count). The number of aliphatic hydroxyl groups excluding tert-OH is 1. The molecule has 0 aliphatic carbocycles. The fraction of sp³-hybridized carbons (Fsp3) is 0.143. The molecule has 0 saturated carbocycles. The number of rotatable bonds is 3. The topological polar surface area (TPSA) is 55.1 Å². The van der Waals surface area contributed by atoms with E-state index in [0.29, 0.717) is 11.4 Å². The van der Waals surface area contributed by atoms with E-state index in [1.165, 1.54) is 13.8 Å². The van der Waals surface area contributed by atoms with Crippen LogP contribution in [0.25, 0.3) is 17.0 Å². The summed E-state index contributed by atoms with van der Waals surface area (Å²) in [6.45, 7) is 2.96. The van der Waals surface area contributed by atoms with Gasteiger partial charge < -0.3 is 9.67 Å². The summed E-state index contributed by atoms with van der Waals surface area (Å²) in [5, 5.41) is 9.29. The van der Waals surface area contributed by atoms with E-state index in [1.54, 1.807) is 36.1 Å². The first-order valence-electron chi connectivity index (χ1n) is 8.12. The Hall–Kier alpha value is -2.63. The Labute approximate surface area is 175 Å². The average Bonchev–Trinajstić information content (AvgIpc) is 3.02. The quantitative estimate of drug-likeness (QED) is 0.286. The van der Waals surface area contributed by atoms with Crippen LogP contribution in [0.4, 0.5) is 8.78 Å². The zero-order chi connectivity index (χ0) is 20.0. The molecule has 1 radical (unpaired) electrons. The van der Waals surface area contributed by atoms with E-state index < -0.39 is 11.6 Å². The van der Waals surface area contributed by atoms with E-state index in [-0.39, 0.29) is 37.2 Å². The number of Topliss-reactive ketones (excluding diaryl/α,β-unsaturated/α-hetero) is 1. The third-order valence-electron chi connectivity index (χ3n) is 3.68. The first-order valence-corrected chi connectivity index (χ1v) is 8.12. The third kappa shape index (κ3) is 5.94. The van der Waals surface area contributed by atoms with Crippen LogP contribution >= 0.6 is 0 Å². The summed E-state index contributed by atoms with van der Waals surface area (Å²) in [5.41, 5.74) is 1.33. The molecule has 0 unspecified atom stereocenters. The Bertz CT molecular complexity index is 966. The third-order valence-corrected chi connectivity index (χ3v) is 3.68. The monoisotopic (exact) mass is 562 g/mol. The Kier molecular flexibility index (Phi) is 8.89. The first kappa shape index (κ1) is 23.4. The number of aryl methyl sites for hydroxylation is 1. The molecule has 1 heterocycles. The molecule has 0 aliphatic heterocycles. The summed E-state index contributed by atoms with van der Waals surface area (Å²) in [7, 11) is 1.74. The van der Waals surface area contributed by atoms with Crippen molar-refractivity contribution in [1.29, 1.82) is 0 Å². The minimum absolute atomic E-state index is 0. The van der Waals surface area contributed by atoms with Crippen LogP contribution in [0.3, 0.4) is 0 Å². The Morgan fingerprint density at radius 2 is 1.82 bits per heavy atom. The van der Waals surface area contributed by atoms with Crippen molar-refractivity contribution in [3.05, 3.63) is 83.9 Å². The van der Waals surface area contributed by atoms with E-state index in [1.807, 2.05) is 18.2 Å². The number of nitrogens with zero attached hydrogens (tertiary/aromatic N) is 2. The van der Waals surface area contributed by atoms with E-state index in [2.05, 4.69) is 11.1 Å². The molecule has 2 aromatic carbocycles. The fourth-order valence-corrected chi connectivity index (χ4v) is 2.49. The molecule has 0 aliphatic rings. The minimum Gasteiger partial charge on any atom is -0.512 e. The molecular formula is C21H19F2IrN2O2-. The van der Waals surface area contributed by atoms with Gasteiger partial charge in [-0.25, -0.2) is 0 Å². The Morgan fingerprint density at radius 1 is 1.18 bits per heavy atom. The van der Waals surface area contributed by atoms with Crippen LogP contribution in [0.2, 0.25) is 0 Å². The molecule has 0 atom stereocenters. The maximum absolute atomic E-state index is 13.3. The molecule has 0 spiro atoms. The first-order chi connectivity index (χ1) is 12.8. The summed E-state index contributed by atoms with van der Waals surface area (Å²) >= 11 is 0. The number of benzene rings is 2. The van der Waals surface area contributed by atoms with Gasteiger partial charge in [0, 0.05) is 51.2 Å². The molecule has 28 heavy (non-hydrogen) atoms. The second-order valence-electron chi connectivity index (χ2n) is 5.79. The van der Waals surface area contributed by atoms with Crippen LogP contribution in [0.1, 0.15) is 19.4 Å². The summed E-state index contributed by atoms with van der Waals surface area (Å²) < 4.78 is 27.5. The SMILES string of the molecule is CC(=O)/C(=C(/C)O)c1ccccc1.Cn1ccnc1-c1[c-]cc(F)cc1F.[Ir]. The number of imidazole rings is 1. The van der Waals surface area contributed by atoms with Gasteiger partial charge in [-0.2, -0.15) is 0 Å². The summed E-state index contributed by atoms with van der Waals surface area (Å²) in [6.07, 6.45) is 3.23. The second-order valence-corrected chi connectivity index (χ2v) is 5.79. The van der Waals surface area contributed by atoms with Crippen LogP contribution in [-0.2, 0) is 31.9 Å². The van der Waals surface area contributed by atoms with Crippen molar-refractivity contribution in [2.75, 3.05) is 0 Å². The van der Waals surface area contributed by atoms with Crippen molar-refractivity contribution in [3.63, 3.8) is 0 Å². The molecule has 7 heteroatoms. The van der Waals surface area contributed by atoms with Crippen molar-refractivity contribution in [2.24, 2.45) is 7.05 Å². The van der Waals surface area contributed by atoms with Gasteiger partial charge in [-0.05, 0) is 19.4 Å². The standard InChI is InChI=1S/C11H12O2.C10H7F2N2.Ir/c1-8(12)11(9(2)13)10-6-4-3-5-7-10;1-14-5-4-13-10(14)8-3-2-7(11)6-9(8)12;/h3-7,12H,1-2H3;2,4-6H,1H3;/q;-1;/b11-8+;;. The number of allylic oxidation sites excluding steroid dienone is 2. The van der Waals surface area contributed by atoms with Gasteiger partial charge >= 0.3 is 0 Å². The summed E-state index contributed by atoms with van der Waals surface area (Å²) in [4.78, 5) is 15.1. The average molecular weight is 562 g/mol. The second kappa shape index (κ2) is 10.6. The van der Waals surface area contributed by atoms with Crippen molar-refractivity contribution >= 4 is 11.4 Å². The Balaban J connectivity index is 0.000000271. The maximum Gasteiger partial charge on any atom is 0.163 e. The van der Waals surface area contributed by atoms with Gasteiger partial charge in [-0.1, -0.05) is 42.0 Å². The zero-order valence-corrected chi connectivity index (χ0v) is 17.9. The van der Waals surface area contributed by atoms with Gasteiger partial charge in [0.1, 0.15) is 5.76 Å². The zero-order valence-electron chi connectivity index (χ0n) is 15.5. The van der Waals surface area contributed by atoms with Crippen molar-refractivity contribution in [2.45, 2.75) is 13.8 Å². The van der Waals surface area contributed by atoms with E-state index in [0.717, 1.165) is 17.7 Å². The van der Waals surface area contributed by atoms with Gasteiger partial charge in [0.05, 0.1) is 11.4 Å². The van der Waals surface area contributed by atoms with Gasteiger partial charge in [0.15, 0.2) is 5.78 Å². The molecule has 0 fully saturated rings. The van der Waals surface area contributed by atoms with Crippen molar-refractivity contribution in [3.8, 4) is 11.4 Å². The smallest absolute Gasteiger partial charge is 0.163 e. The minimum atomic E-state index is -0.653. The van der Waals surface area contributed by atoms with E-state index >= 15 is 0 Å². The predicted molar refractivity (Wildman–Crippen MR) is 99.7 cm³/mol. The molecule has 149 valence electrons. The van der Waals surface area contributed by atoms with Crippen molar-refractivity contribution < 1.29 is 38.8 Å². The van der Waals surface area contributed by atoms with Gasteiger partial charge in [-0.15, -0.1) is 12.1 Å². The molecule has 4 nitrogen and oxygen atoms in total. The van der Waals surface area contributed by atoms with Crippen LogP contribution in [0, 0.1) is 17.7 Å². The normalized spacial score (nSPS) is 10.9. The number of carbonyl (C=O) groups excluding carboxylic acids is 1. The van der Waals surface area contributed by atoms with Crippen LogP contribution in [0.15, 0.2) is 60.6 Å². The predicted octanol–water partition coefficient (Wildman–Crippen LogP) is 4.73. The largest absolute Gasteiger partial charge is 0.512 e. The molecule has 0 saturated heterocycles. The Morgan fingerprint density at radius 3 is 2.29 bits per heavy atom. The maximum atomic E-state index is 13.3. The molecular weight excluding hydrogens is 542 g/mol. The molecule has 1 aromatic heterocycles.